The van der Waals surface area contributed by atoms with Crippen molar-refractivity contribution >= 4 is 21.5 Å². The zero-order valence-corrected chi connectivity index (χ0v) is 15.2. The summed E-state index contributed by atoms with van der Waals surface area (Å²) in [5.41, 5.74) is -0.814. The number of nitrogens with zero attached hydrogens (tertiary/aromatic N) is 2. The number of benzene rings is 2. The van der Waals surface area contributed by atoms with Crippen LogP contribution in [0.4, 0.5) is 29.2 Å². The summed E-state index contributed by atoms with van der Waals surface area (Å²) < 4.78 is 78.4. The van der Waals surface area contributed by atoms with Gasteiger partial charge in [-0.1, -0.05) is 6.07 Å². The van der Waals surface area contributed by atoms with Gasteiger partial charge in [-0.15, -0.1) is 0 Å². The van der Waals surface area contributed by atoms with Crippen molar-refractivity contribution in [1.29, 1.82) is 0 Å². The maximum absolute atomic E-state index is 14.1. The average molecular weight is 411 g/mol. The molecule has 0 spiro atoms. The minimum atomic E-state index is -3.55. The van der Waals surface area contributed by atoms with Gasteiger partial charge in [0.15, 0.2) is 15.7 Å². The predicted molar refractivity (Wildman–Crippen MR) is 95.6 cm³/mol. The molecule has 10 heteroatoms. The van der Waals surface area contributed by atoms with E-state index in [0.717, 1.165) is 30.7 Å². The molecular weight excluding hydrogens is 398 g/mol. The van der Waals surface area contributed by atoms with Gasteiger partial charge in [0.05, 0.1) is 11.9 Å². The van der Waals surface area contributed by atoms with E-state index in [2.05, 4.69) is 15.3 Å². The summed E-state index contributed by atoms with van der Waals surface area (Å²) in [6.45, 7) is 0. The molecule has 1 N–H and O–H groups in total. The maximum Gasteiger partial charge on any atom is 0.227 e. The van der Waals surface area contributed by atoms with Gasteiger partial charge >= 0.3 is 0 Å². The van der Waals surface area contributed by atoms with Gasteiger partial charge in [-0.05, 0) is 24.3 Å². The molecule has 146 valence electrons. The van der Waals surface area contributed by atoms with E-state index in [1.807, 2.05) is 0 Å². The van der Waals surface area contributed by atoms with Crippen LogP contribution in [0.1, 0.15) is 5.56 Å². The second-order valence-corrected chi connectivity index (χ2v) is 8.12. The first-order chi connectivity index (χ1) is 13.1. The van der Waals surface area contributed by atoms with Crippen LogP contribution >= 0.6 is 0 Å². The van der Waals surface area contributed by atoms with Gasteiger partial charge in [0.25, 0.3) is 0 Å². The third-order valence-electron chi connectivity index (χ3n) is 3.70. The Hall–Kier alpha value is -3.01. The Balaban J connectivity index is 2.02. The molecule has 0 aliphatic heterocycles. The highest BCUT2D eigenvalue weighted by molar-refractivity contribution is 7.89. The zero-order valence-electron chi connectivity index (χ0n) is 14.4. The molecular formula is C18H13F4N3O2S. The van der Waals surface area contributed by atoms with Crippen molar-refractivity contribution in [2.45, 2.75) is 5.75 Å². The average Bonchev–Trinajstić information content (AvgIpc) is 2.59. The molecule has 2 aromatic carbocycles. The summed E-state index contributed by atoms with van der Waals surface area (Å²) >= 11 is 0. The van der Waals surface area contributed by atoms with Crippen LogP contribution in [0.5, 0.6) is 0 Å². The van der Waals surface area contributed by atoms with E-state index in [1.54, 1.807) is 0 Å². The first-order valence-electron chi connectivity index (χ1n) is 7.84. The minimum Gasteiger partial charge on any atom is -0.324 e. The molecule has 0 amide bonds. The molecule has 1 aromatic heterocycles. The molecule has 0 fully saturated rings. The Labute approximate surface area is 158 Å². The monoisotopic (exact) mass is 411 g/mol. The molecule has 0 atom stereocenters. The fourth-order valence-corrected chi connectivity index (χ4v) is 3.32. The molecule has 0 aliphatic carbocycles. The van der Waals surface area contributed by atoms with Gasteiger partial charge < -0.3 is 5.32 Å². The molecule has 0 saturated carbocycles. The fraction of sp³-hybridized carbons (Fsp3) is 0.111. The van der Waals surface area contributed by atoms with Crippen molar-refractivity contribution in [3.63, 3.8) is 0 Å². The van der Waals surface area contributed by atoms with E-state index in [9.17, 15) is 26.0 Å². The Morgan fingerprint density at radius 1 is 1.00 bits per heavy atom. The lowest BCUT2D eigenvalue weighted by Crippen LogP contribution is -2.08. The van der Waals surface area contributed by atoms with Gasteiger partial charge in [0.1, 0.15) is 23.1 Å². The molecule has 0 saturated heterocycles. The Bertz CT molecular complexity index is 1150. The Morgan fingerprint density at radius 2 is 1.75 bits per heavy atom. The number of sulfone groups is 1. The van der Waals surface area contributed by atoms with E-state index in [-0.39, 0.29) is 22.8 Å². The minimum absolute atomic E-state index is 0.0579. The SMILES string of the molecule is CS(=O)(=O)Cc1c(F)cccc1Nc1ncc(F)c(-c2ccc(F)cc2F)n1. The summed E-state index contributed by atoms with van der Waals surface area (Å²) in [5, 5.41) is 2.61. The molecule has 28 heavy (non-hydrogen) atoms. The third kappa shape index (κ3) is 4.45. The van der Waals surface area contributed by atoms with Gasteiger partial charge in [0, 0.05) is 29.1 Å². The number of hydrogen-bond acceptors (Lipinski definition) is 5. The van der Waals surface area contributed by atoms with Crippen molar-refractivity contribution in [2.75, 3.05) is 11.6 Å². The van der Waals surface area contributed by atoms with E-state index in [1.165, 1.54) is 12.1 Å². The second-order valence-electron chi connectivity index (χ2n) is 5.98. The molecule has 0 aliphatic rings. The lowest BCUT2D eigenvalue weighted by molar-refractivity contribution is 0.580. The van der Waals surface area contributed by atoms with E-state index < -0.39 is 44.6 Å². The first kappa shape index (κ1) is 19.7. The van der Waals surface area contributed by atoms with Crippen molar-refractivity contribution in [1.82, 2.24) is 9.97 Å². The summed E-state index contributed by atoms with van der Waals surface area (Å²) in [7, 11) is -3.55. The Morgan fingerprint density at radius 3 is 2.43 bits per heavy atom. The van der Waals surface area contributed by atoms with Crippen LogP contribution in [0.2, 0.25) is 0 Å². The summed E-state index contributed by atoms with van der Waals surface area (Å²) in [6.07, 6.45) is 1.72. The van der Waals surface area contributed by atoms with Crippen molar-refractivity contribution in [3.8, 4) is 11.3 Å². The van der Waals surface area contributed by atoms with Crippen molar-refractivity contribution in [3.05, 3.63) is 71.4 Å². The number of hydrogen-bond donors (Lipinski definition) is 1. The highest BCUT2D eigenvalue weighted by atomic mass is 32.2. The fourth-order valence-electron chi connectivity index (χ4n) is 2.50. The summed E-state index contributed by atoms with van der Waals surface area (Å²) in [4.78, 5) is 7.57. The molecule has 3 aromatic rings. The number of anilines is 2. The van der Waals surface area contributed by atoms with Crippen LogP contribution in [0.15, 0.2) is 42.6 Å². The summed E-state index contributed by atoms with van der Waals surface area (Å²) in [5.74, 6) is -4.37. The molecule has 0 bridgehead atoms. The van der Waals surface area contributed by atoms with Crippen LogP contribution in [0.25, 0.3) is 11.3 Å². The van der Waals surface area contributed by atoms with Gasteiger partial charge in [-0.2, -0.15) is 0 Å². The van der Waals surface area contributed by atoms with Gasteiger partial charge in [-0.3, -0.25) is 0 Å². The summed E-state index contributed by atoms with van der Waals surface area (Å²) in [6, 6.07) is 6.39. The smallest absolute Gasteiger partial charge is 0.227 e. The molecule has 0 radical (unpaired) electrons. The molecule has 3 rings (SSSR count). The number of aromatic nitrogens is 2. The quantitative estimate of drug-likeness (QED) is 0.643. The predicted octanol–water partition coefficient (Wildman–Crippen LogP) is 3.99. The third-order valence-corrected chi connectivity index (χ3v) is 4.52. The highest BCUT2D eigenvalue weighted by Gasteiger charge is 2.17. The normalized spacial score (nSPS) is 11.5. The number of nitrogens with one attached hydrogen (secondary N) is 1. The van der Waals surface area contributed by atoms with Gasteiger partial charge in [-0.25, -0.2) is 35.9 Å². The standard InChI is InChI=1S/C18H13F4N3O2S/c1-28(26,27)9-12-13(20)3-2-4-16(12)24-18-23-8-15(22)17(25-18)11-6-5-10(19)7-14(11)21/h2-8H,9H2,1H3,(H,23,24,25). The first-order valence-corrected chi connectivity index (χ1v) is 9.90. The van der Waals surface area contributed by atoms with E-state index in [4.69, 9.17) is 0 Å². The van der Waals surface area contributed by atoms with Crippen LogP contribution < -0.4 is 5.32 Å². The van der Waals surface area contributed by atoms with Crippen molar-refractivity contribution < 1.29 is 26.0 Å². The van der Waals surface area contributed by atoms with Crippen LogP contribution in [0, 0.1) is 23.3 Å². The number of rotatable bonds is 5. The van der Waals surface area contributed by atoms with Crippen LogP contribution in [-0.2, 0) is 15.6 Å². The van der Waals surface area contributed by atoms with Crippen LogP contribution in [0.3, 0.4) is 0 Å². The highest BCUT2D eigenvalue weighted by Crippen LogP contribution is 2.27. The largest absolute Gasteiger partial charge is 0.324 e. The van der Waals surface area contributed by atoms with Gasteiger partial charge in [0.2, 0.25) is 5.95 Å². The van der Waals surface area contributed by atoms with E-state index in [0.29, 0.717) is 6.07 Å². The second kappa shape index (κ2) is 7.55. The van der Waals surface area contributed by atoms with E-state index >= 15 is 0 Å². The molecule has 0 unspecified atom stereocenters. The molecule has 1 heterocycles. The lowest BCUT2D eigenvalue weighted by Gasteiger charge is -2.12. The molecule has 5 nitrogen and oxygen atoms in total. The lowest BCUT2D eigenvalue weighted by atomic mass is 10.1. The number of halogens is 4. The Kier molecular flexibility index (Phi) is 5.32. The van der Waals surface area contributed by atoms with Crippen molar-refractivity contribution in [2.24, 2.45) is 0 Å². The zero-order chi connectivity index (χ0) is 20.5. The maximum atomic E-state index is 14.1. The topological polar surface area (TPSA) is 72.0 Å². The van der Waals surface area contributed by atoms with Crippen LogP contribution in [-0.4, -0.2) is 24.6 Å².